The molecule has 0 aliphatic carbocycles. The first-order chi connectivity index (χ1) is 13.0. The van der Waals surface area contributed by atoms with Gasteiger partial charge in [0.2, 0.25) is 0 Å². The summed E-state index contributed by atoms with van der Waals surface area (Å²) in [5.41, 5.74) is 8.01. The molecule has 7 nitrogen and oxygen atoms in total. The summed E-state index contributed by atoms with van der Waals surface area (Å²) < 4.78 is 5.36. The number of halogens is 1. The molecule has 0 aromatic heterocycles. The second kappa shape index (κ2) is 8.24. The molecule has 1 aliphatic heterocycles. The monoisotopic (exact) mass is 401 g/mol. The lowest BCUT2D eigenvalue weighted by Gasteiger charge is -2.21. The molecule has 1 heterocycles. The molecule has 138 valence electrons. The average molecular weight is 402 g/mol. The van der Waals surface area contributed by atoms with Crippen LogP contribution in [0.4, 0.5) is 5.69 Å². The fourth-order valence-electron chi connectivity index (χ4n) is 2.58. The van der Waals surface area contributed by atoms with E-state index in [0.29, 0.717) is 22.0 Å². The predicted octanol–water partition coefficient (Wildman–Crippen LogP) is 3.44. The highest BCUT2D eigenvalue weighted by atomic mass is 35.5. The van der Waals surface area contributed by atoms with Crippen molar-refractivity contribution in [2.75, 3.05) is 11.9 Å². The lowest BCUT2D eigenvalue weighted by atomic mass is 10.0. The van der Waals surface area contributed by atoms with Crippen molar-refractivity contribution in [3.05, 3.63) is 58.6 Å². The number of amides is 1. The molecule has 0 saturated heterocycles. The van der Waals surface area contributed by atoms with Crippen LogP contribution >= 0.6 is 23.4 Å². The van der Waals surface area contributed by atoms with Gasteiger partial charge in [0.1, 0.15) is 12.1 Å². The van der Waals surface area contributed by atoms with E-state index in [1.807, 2.05) is 6.07 Å². The molecule has 3 rings (SSSR count). The first kappa shape index (κ1) is 18.9. The minimum Gasteiger partial charge on any atom is -0.482 e. The fourth-order valence-corrected chi connectivity index (χ4v) is 3.67. The van der Waals surface area contributed by atoms with Crippen molar-refractivity contribution in [2.24, 2.45) is 10.7 Å². The molecular weight excluding hydrogens is 386 g/mol. The van der Waals surface area contributed by atoms with Crippen LogP contribution in [0.1, 0.15) is 16.4 Å². The van der Waals surface area contributed by atoms with Gasteiger partial charge in [-0.3, -0.25) is 10.2 Å². The van der Waals surface area contributed by atoms with Crippen molar-refractivity contribution >= 4 is 52.2 Å². The number of hydrogen-bond donors (Lipinski definition) is 4. The van der Waals surface area contributed by atoms with Gasteiger partial charge in [0.05, 0.1) is 16.6 Å². The van der Waals surface area contributed by atoms with E-state index in [2.05, 4.69) is 10.3 Å². The Labute approximate surface area is 165 Å². The highest BCUT2D eigenvalue weighted by molar-refractivity contribution is 8.14. The van der Waals surface area contributed by atoms with Gasteiger partial charge in [-0.25, -0.2) is 4.99 Å². The van der Waals surface area contributed by atoms with Crippen molar-refractivity contribution < 1.29 is 9.53 Å². The Morgan fingerprint density at radius 3 is 2.93 bits per heavy atom. The van der Waals surface area contributed by atoms with Gasteiger partial charge < -0.3 is 21.2 Å². The number of nitrogens with zero attached hydrogens (tertiary/aromatic N) is 1. The molecule has 5 N–H and O–H groups in total. The summed E-state index contributed by atoms with van der Waals surface area (Å²) in [4.78, 5) is 15.3. The number of carbonyl (C=O) groups excluding carboxylic acids is 1. The molecule has 1 unspecified atom stereocenters. The standard InChI is InChI=1S/C18H16ClN5O2S/c19-12-3-1-2-11(6-12)17(27-18(22)23-9-20)16(21)10-4-5-14-13(7-10)24-15(25)8-26-14/h1-7,9,17,21H,8H2,(H,24,25)(H3,20,22,23). The van der Waals surface area contributed by atoms with Gasteiger partial charge in [0.15, 0.2) is 11.8 Å². The normalized spacial score (nSPS) is 14.6. The van der Waals surface area contributed by atoms with E-state index >= 15 is 0 Å². The van der Waals surface area contributed by atoms with Gasteiger partial charge in [0.25, 0.3) is 5.91 Å². The minimum absolute atomic E-state index is 0.0264. The van der Waals surface area contributed by atoms with Crippen LogP contribution in [0.2, 0.25) is 5.02 Å². The number of anilines is 1. The van der Waals surface area contributed by atoms with E-state index < -0.39 is 5.25 Å². The summed E-state index contributed by atoms with van der Waals surface area (Å²) in [6, 6.07) is 12.3. The third kappa shape index (κ3) is 4.47. The van der Waals surface area contributed by atoms with Crippen molar-refractivity contribution in [1.29, 1.82) is 10.8 Å². The maximum atomic E-state index is 11.6. The molecule has 0 radical (unpaired) electrons. The summed E-state index contributed by atoms with van der Waals surface area (Å²) in [7, 11) is 0. The van der Waals surface area contributed by atoms with E-state index in [0.717, 1.165) is 23.7 Å². The third-order valence-electron chi connectivity index (χ3n) is 3.77. The van der Waals surface area contributed by atoms with Gasteiger partial charge in [-0.2, -0.15) is 0 Å². The molecule has 2 aromatic rings. The number of aliphatic imine (C=N–C) groups is 1. The zero-order chi connectivity index (χ0) is 19.4. The van der Waals surface area contributed by atoms with Crippen LogP contribution < -0.4 is 15.8 Å². The summed E-state index contributed by atoms with van der Waals surface area (Å²) >= 11 is 7.25. The van der Waals surface area contributed by atoms with E-state index in [1.165, 1.54) is 0 Å². The molecule has 9 heteroatoms. The van der Waals surface area contributed by atoms with Crippen LogP contribution in [0, 0.1) is 10.8 Å². The second-order valence-corrected chi connectivity index (χ2v) is 7.17. The second-order valence-electron chi connectivity index (χ2n) is 5.61. The summed E-state index contributed by atoms with van der Waals surface area (Å²) in [5.74, 6) is 0.317. The Hall–Kier alpha value is -2.84. The number of thioether (sulfide) groups is 1. The summed E-state index contributed by atoms with van der Waals surface area (Å²) in [5, 5.41) is 18.7. The largest absolute Gasteiger partial charge is 0.482 e. The van der Waals surface area contributed by atoms with Crippen LogP contribution in [0.3, 0.4) is 0 Å². The van der Waals surface area contributed by atoms with E-state index in [4.69, 9.17) is 32.9 Å². The molecule has 0 fully saturated rings. The van der Waals surface area contributed by atoms with Crippen LogP contribution in [0.5, 0.6) is 5.75 Å². The lowest BCUT2D eigenvalue weighted by Crippen LogP contribution is -2.25. The zero-order valence-corrected chi connectivity index (χ0v) is 15.6. The van der Waals surface area contributed by atoms with Gasteiger partial charge >= 0.3 is 0 Å². The SMILES string of the molecule is N=CN=C(N)SC(C(=N)c1ccc2c(c1)NC(=O)CO2)c1cccc(Cl)c1. The Balaban J connectivity index is 1.97. The topological polar surface area (TPSA) is 124 Å². The Kier molecular flexibility index (Phi) is 5.78. The first-order valence-corrected chi connectivity index (χ1v) is 9.13. The van der Waals surface area contributed by atoms with Gasteiger partial charge in [0, 0.05) is 5.02 Å². The molecule has 1 atom stereocenters. The van der Waals surface area contributed by atoms with Crippen molar-refractivity contribution in [3.63, 3.8) is 0 Å². The number of ether oxygens (including phenoxy) is 1. The Morgan fingerprint density at radius 1 is 1.37 bits per heavy atom. The van der Waals surface area contributed by atoms with Crippen molar-refractivity contribution in [1.82, 2.24) is 0 Å². The molecule has 1 aliphatic rings. The van der Waals surface area contributed by atoms with Gasteiger partial charge in [-0.05, 0) is 41.5 Å². The summed E-state index contributed by atoms with van der Waals surface area (Å²) in [6.45, 7) is -0.0264. The zero-order valence-electron chi connectivity index (χ0n) is 14.0. The van der Waals surface area contributed by atoms with E-state index in [-0.39, 0.29) is 23.4 Å². The lowest BCUT2D eigenvalue weighted by molar-refractivity contribution is -0.118. The Morgan fingerprint density at radius 2 is 2.19 bits per heavy atom. The first-order valence-electron chi connectivity index (χ1n) is 7.88. The van der Waals surface area contributed by atoms with Crippen LogP contribution in [-0.4, -0.2) is 29.7 Å². The number of hydrogen-bond acceptors (Lipinski definition) is 5. The fraction of sp³-hybridized carbons (Fsp3) is 0.111. The van der Waals surface area contributed by atoms with Crippen LogP contribution in [0.25, 0.3) is 0 Å². The minimum atomic E-state index is -0.495. The highest BCUT2D eigenvalue weighted by Crippen LogP contribution is 2.36. The molecule has 0 spiro atoms. The molecule has 1 amide bonds. The maximum Gasteiger partial charge on any atom is 0.262 e. The number of rotatable bonds is 5. The quantitative estimate of drug-likeness (QED) is 0.452. The highest BCUT2D eigenvalue weighted by Gasteiger charge is 2.24. The Bertz CT molecular complexity index is 947. The van der Waals surface area contributed by atoms with Gasteiger partial charge in [-0.1, -0.05) is 35.5 Å². The van der Waals surface area contributed by atoms with Crippen LogP contribution in [0.15, 0.2) is 47.5 Å². The number of carbonyl (C=O) groups is 1. The van der Waals surface area contributed by atoms with Gasteiger partial charge in [-0.15, -0.1) is 0 Å². The summed E-state index contributed by atoms with van der Waals surface area (Å²) in [6.07, 6.45) is 0.854. The number of benzene rings is 2. The third-order valence-corrected chi connectivity index (χ3v) is 5.09. The van der Waals surface area contributed by atoms with E-state index in [9.17, 15) is 4.79 Å². The van der Waals surface area contributed by atoms with E-state index in [1.54, 1.807) is 36.4 Å². The smallest absolute Gasteiger partial charge is 0.262 e. The molecule has 0 saturated carbocycles. The average Bonchev–Trinajstić information content (AvgIpc) is 2.65. The molecular formula is C18H16ClN5O2S. The van der Waals surface area contributed by atoms with Crippen molar-refractivity contribution in [3.8, 4) is 5.75 Å². The predicted molar refractivity (Wildman–Crippen MR) is 110 cm³/mol. The number of nitrogens with one attached hydrogen (secondary N) is 3. The van der Waals surface area contributed by atoms with Crippen molar-refractivity contribution in [2.45, 2.75) is 5.25 Å². The molecule has 0 bridgehead atoms. The number of nitrogens with two attached hydrogens (primary N) is 1. The maximum absolute atomic E-state index is 11.6. The molecule has 27 heavy (non-hydrogen) atoms. The number of fused-ring (bicyclic) bond motifs is 1. The van der Waals surface area contributed by atoms with Crippen LogP contribution in [-0.2, 0) is 4.79 Å². The molecule has 2 aromatic carbocycles. The number of amidine groups is 1.